The van der Waals surface area contributed by atoms with Crippen molar-refractivity contribution in [1.82, 2.24) is 5.32 Å². The van der Waals surface area contributed by atoms with Gasteiger partial charge in [-0.1, -0.05) is 266 Å². The van der Waals surface area contributed by atoms with E-state index in [4.69, 9.17) is 4.74 Å². The number of unbranched alkanes of at least 4 members (excludes halogenated alkanes) is 27. The first-order chi connectivity index (χ1) is 33.5. The van der Waals surface area contributed by atoms with E-state index in [9.17, 15) is 19.8 Å². The van der Waals surface area contributed by atoms with E-state index in [0.717, 1.165) is 89.9 Å². The molecule has 0 aliphatic heterocycles. The van der Waals surface area contributed by atoms with Crippen LogP contribution in [-0.2, 0) is 14.3 Å². The first-order valence-corrected chi connectivity index (χ1v) is 28.5. The second-order valence-electron chi connectivity index (χ2n) is 19.1. The van der Waals surface area contributed by atoms with Crippen molar-refractivity contribution < 1.29 is 24.5 Å². The maximum Gasteiger partial charge on any atom is 0.306 e. The summed E-state index contributed by atoms with van der Waals surface area (Å²) in [6, 6.07) is -0.723. The molecular formula is C62H107NO5. The van der Waals surface area contributed by atoms with Gasteiger partial charge in [-0.25, -0.2) is 0 Å². The lowest BCUT2D eigenvalue weighted by Gasteiger charge is -2.24. The van der Waals surface area contributed by atoms with Crippen LogP contribution < -0.4 is 5.32 Å². The highest BCUT2D eigenvalue weighted by atomic mass is 16.5. The number of rotatable bonds is 50. The van der Waals surface area contributed by atoms with Crippen molar-refractivity contribution in [2.45, 2.75) is 277 Å². The standard InChI is InChI=1S/C62H107NO5/c1-4-7-10-13-16-19-22-25-28-30-33-36-39-42-45-48-51-54-60(65)59(57-64)63-61(66)56-58(53-50-47-44-41-38-35-32-27-24-21-18-15-12-9-6-3)68-62(67)55-52-49-46-43-40-37-34-31-29-26-23-20-17-14-11-8-5-2/h8,11,14,17-18,20-21,23,26-27,29,31-32,34,37,40,58-60,64-65H,4-7,9-10,12-13,15-16,19,22,24-25,28,30,33,35-36,38-39,41-57H2,1-3H3,(H,63,66)/b11-8-,17-14+,21-18-,23-20+,29-26-,32-27-,34-31+,40-37+. The van der Waals surface area contributed by atoms with Crippen molar-refractivity contribution >= 4 is 11.9 Å². The predicted octanol–water partition coefficient (Wildman–Crippen LogP) is 17.7. The maximum absolute atomic E-state index is 13.3. The molecule has 68 heavy (non-hydrogen) atoms. The predicted molar refractivity (Wildman–Crippen MR) is 296 cm³/mol. The van der Waals surface area contributed by atoms with Gasteiger partial charge in [0.15, 0.2) is 0 Å². The fraction of sp³-hybridized carbons (Fsp3) is 0.710. The molecule has 0 aromatic heterocycles. The lowest BCUT2D eigenvalue weighted by molar-refractivity contribution is -0.151. The van der Waals surface area contributed by atoms with Crippen molar-refractivity contribution in [3.8, 4) is 0 Å². The highest BCUT2D eigenvalue weighted by molar-refractivity contribution is 5.77. The van der Waals surface area contributed by atoms with Crippen LogP contribution in [0.15, 0.2) is 97.2 Å². The van der Waals surface area contributed by atoms with Crippen LogP contribution in [0.1, 0.15) is 258 Å². The molecule has 3 unspecified atom stereocenters. The number of aliphatic hydroxyl groups excluding tert-OH is 2. The van der Waals surface area contributed by atoms with Crippen LogP contribution in [0.3, 0.4) is 0 Å². The number of amides is 1. The number of esters is 1. The third kappa shape index (κ3) is 49.2. The number of aliphatic hydroxyl groups is 2. The van der Waals surface area contributed by atoms with Crippen LogP contribution in [0.25, 0.3) is 0 Å². The Morgan fingerprint density at radius 1 is 0.456 bits per heavy atom. The Labute approximate surface area is 420 Å². The van der Waals surface area contributed by atoms with Gasteiger partial charge < -0.3 is 20.3 Å². The van der Waals surface area contributed by atoms with Gasteiger partial charge >= 0.3 is 5.97 Å². The molecule has 3 atom stereocenters. The van der Waals surface area contributed by atoms with E-state index in [1.165, 1.54) is 122 Å². The highest BCUT2D eigenvalue weighted by Gasteiger charge is 2.24. The van der Waals surface area contributed by atoms with Gasteiger partial charge in [0.25, 0.3) is 0 Å². The van der Waals surface area contributed by atoms with E-state index in [1.807, 2.05) is 48.6 Å². The molecule has 0 aromatic rings. The van der Waals surface area contributed by atoms with Gasteiger partial charge in [-0.2, -0.15) is 0 Å². The molecule has 1 amide bonds. The highest BCUT2D eigenvalue weighted by Crippen LogP contribution is 2.18. The third-order valence-corrected chi connectivity index (χ3v) is 12.6. The Morgan fingerprint density at radius 2 is 0.853 bits per heavy atom. The van der Waals surface area contributed by atoms with E-state index in [0.29, 0.717) is 19.3 Å². The summed E-state index contributed by atoms with van der Waals surface area (Å²) in [6.45, 7) is 6.32. The van der Waals surface area contributed by atoms with Crippen molar-refractivity contribution in [3.63, 3.8) is 0 Å². The number of ether oxygens (including phenoxy) is 1. The molecule has 0 saturated carbocycles. The largest absolute Gasteiger partial charge is 0.462 e. The number of allylic oxidation sites excluding steroid dienone is 16. The Bertz CT molecular complexity index is 1340. The molecule has 3 N–H and O–H groups in total. The van der Waals surface area contributed by atoms with Crippen molar-refractivity contribution in [3.05, 3.63) is 97.2 Å². The zero-order valence-corrected chi connectivity index (χ0v) is 44.5. The van der Waals surface area contributed by atoms with Crippen LogP contribution in [0.2, 0.25) is 0 Å². The van der Waals surface area contributed by atoms with E-state index in [2.05, 4.69) is 74.7 Å². The first-order valence-electron chi connectivity index (χ1n) is 28.5. The Kier molecular flexibility index (Phi) is 52.1. The summed E-state index contributed by atoms with van der Waals surface area (Å²) in [5.41, 5.74) is 0. The fourth-order valence-electron chi connectivity index (χ4n) is 8.26. The smallest absolute Gasteiger partial charge is 0.306 e. The summed E-state index contributed by atoms with van der Waals surface area (Å²) in [5.74, 6) is -0.540. The van der Waals surface area contributed by atoms with Crippen LogP contribution in [0, 0.1) is 0 Å². The summed E-state index contributed by atoms with van der Waals surface area (Å²) >= 11 is 0. The number of carbonyl (C=O) groups is 2. The fourth-order valence-corrected chi connectivity index (χ4v) is 8.26. The van der Waals surface area contributed by atoms with Crippen LogP contribution in [-0.4, -0.2) is 46.9 Å². The SMILES string of the molecule is CC\C=C/C=C/C=C/C=C\C=C\C=C\CCCCCC(=O)OC(CCCCCCC/C=C\C/C=C\CCCCC)CC(=O)NC(CO)C(O)CCCCCCCCCCCCCCCCCCC. The molecule has 0 bridgehead atoms. The summed E-state index contributed by atoms with van der Waals surface area (Å²) < 4.78 is 5.93. The molecule has 0 aromatic carbocycles. The Hall–Kier alpha value is -3.22. The van der Waals surface area contributed by atoms with E-state index in [-0.39, 0.29) is 24.9 Å². The normalized spacial score (nSPS) is 13.9. The molecule has 6 nitrogen and oxygen atoms in total. The summed E-state index contributed by atoms with van der Waals surface area (Å²) in [5, 5.41) is 23.9. The molecule has 0 spiro atoms. The molecule has 0 heterocycles. The second-order valence-corrected chi connectivity index (χ2v) is 19.1. The van der Waals surface area contributed by atoms with Gasteiger partial charge in [-0.05, 0) is 77.0 Å². The molecule has 0 saturated heterocycles. The van der Waals surface area contributed by atoms with Gasteiger partial charge in [0.2, 0.25) is 5.91 Å². The van der Waals surface area contributed by atoms with Gasteiger partial charge in [0.1, 0.15) is 6.10 Å². The number of nitrogens with one attached hydrogen (secondary N) is 1. The van der Waals surface area contributed by atoms with E-state index >= 15 is 0 Å². The van der Waals surface area contributed by atoms with Gasteiger partial charge in [0.05, 0.1) is 25.2 Å². The number of hydrogen-bond donors (Lipinski definition) is 3. The number of carbonyl (C=O) groups excluding carboxylic acids is 2. The minimum atomic E-state index is -0.806. The molecule has 6 heteroatoms. The quantitative estimate of drug-likeness (QED) is 0.0244. The van der Waals surface area contributed by atoms with Crippen molar-refractivity contribution in [2.24, 2.45) is 0 Å². The first kappa shape index (κ1) is 64.8. The zero-order chi connectivity index (χ0) is 49.5. The lowest BCUT2D eigenvalue weighted by atomic mass is 10.0. The van der Waals surface area contributed by atoms with Gasteiger partial charge in [-0.15, -0.1) is 0 Å². The summed E-state index contributed by atoms with van der Waals surface area (Å²) in [6.07, 6.45) is 73.2. The molecule has 0 aliphatic rings. The monoisotopic (exact) mass is 946 g/mol. The third-order valence-electron chi connectivity index (χ3n) is 12.6. The maximum atomic E-state index is 13.3. The van der Waals surface area contributed by atoms with Gasteiger partial charge in [-0.3, -0.25) is 9.59 Å². The van der Waals surface area contributed by atoms with Crippen molar-refractivity contribution in [2.75, 3.05) is 6.61 Å². The zero-order valence-electron chi connectivity index (χ0n) is 44.5. The van der Waals surface area contributed by atoms with E-state index < -0.39 is 18.2 Å². The summed E-state index contributed by atoms with van der Waals surface area (Å²) in [4.78, 5) is 26.3. The topological polar surface area (TPSA) is 95.9 Å². The van der Waals surface area contributed by atoms with Crippen LogP contribution >= 0.6 is 0 Å². The second kappa shape index (κ2) is 54.7. The Morgan fingerprint density at radius 3 is 1.35 bits per heavy atom. The molecule has 0 aliphatic carbocycles. The van der Waals surface area contributed by atoms with Gasteiger partial charge in [0, 0.05) is 6.42 Å². The Balaban J connectivity index is 4.66. The molecule has 390 valence electrons. The van der Waals surface area contributed by atoms with Crippen LogP contribution in [0.4, 0.5) is 0 Å². The molecule has 0 fully saturated rings. The molecular weight excluding hydrogens is 839 g/mol. The minimum Gasteiger partial charge on any atom is -0.462 e. The molecule has 0 rings (SSSR count). The van der Waals surface area contributed by atoms with Crippen LogP contribution in [0.5, 0.6) is 0 Å². The lowest BCUT2D eigenvalue weighted by Crippen LogP contribution is -2.46. The van der Waals surface area contributed by atoms with E-state index in [1.54, 1.807) is 0 Å². The van der Waals surface area contributed by atoms with Crippen molar-refractivity contribution in [1.29, 1.82) is 0 Å². The average Bonchev–Trinajstić information content (AvgIpc) is 3.33. The minimum absolute atomic E-state index is 0.0451. The summed E-state index contributed by atoms with van der Waals surface area (Å²) in [7, 11) is 0. The molecule has 0 radical (unpaired) electrons. The number of hydrogen-bond acceptors (Lipinski definition) is 5. The average molecular weight is 947 g/mol.